The maximum Gasteiger partial charge on any atom is 1.00 e. The van der Waals surface area contributed by atoms with E-state index in [2.05, 4.69) is 37.5 Å². The van der Waals surface area contributed by atoms with E-state index in [1.807, 2.05) is 92.4 Å². The van der Waals surface area contributed by atoms with E-state index >= 15 is 0 Å². The number of aromatic nitrogens is 8. The SMILES string of the molecule is CCC1Cc2[nH]ncc2C(c2ccc(Cl)cc2)N1C(=O)OCc1ccccc1.CCC1Cc2[nH]ncc2C(c2ccc(Cl)cc2)N1S(=O)(=O)c1ccc(Cl)cc1.CCC1Cc2c(cnn2S(=O)(=O)c2ccc(Cl)cc2)C(c2ccc(Cl)cc2)N1S(=O)(=O)c1ccc(Cl)cc1.CCC1Cc2nn(S(=O)(=O)c3ccc(Cl)cc3)cc2C(c2ccc(Cl)cc2)N1S(=O)(=O)c1ccc(Cl)cc1.[Na+].[OH-]. The van der Waals surface area contributed by atoms with Gasteiger partial charge in [0.2, 0.25) is 30.1 Å². The molecule has 694 valence electrons. The molecule has 4 aromatic heterocycles. The zero-order valence-corrected chi connectivity index (χ0v) is 85.1. The number of carbonyl (C=O) groups is 1. The molecule has 8 unspecified atom stereocenters. The summed E-state index contributed by atoms with van der Waals surface area (Å²) < 4.78 is 150. The van der Waals surface area contributed by atoms with Crippen LogP contribution in [0.1, 0.15) is 150 Å². The number of amides is 1. The molecule has 3 N–H and O–H groups in total. The molecule has 0 fully saturated rings. The summed E-state index contributed by atoms with van der Waals surface area (Å²) in [4.78, 5) is 15.5. The van der Waals surface area contributed by atoms with Crippen LogP contribution in [0, 0.1) is 0 Å². The maximum absolute atomic E-state index is 14.1. The van der Waals surface area contributed by atoms with Crippen LogP contribution in [0.5, 0.6) is 0 Å². The third kappa shape index (κ3) is 21.8. The van der Waals surface area contributed by atoms with Gasteiger partial charge >= 0.3 is 35.7 Å². The van der Waals surface area contributed by atoms with Crippen LogP contribution in [-0.2, 0) is 87.1 Å². The molecule has 25 nitrogen and oxygen atoms in total. The molecule has 18 rings (SSSR count). The quantitative estimate of drug-likeness (QED) is 0.0669. The van der Waals surface area contributed by atoms with Crippen molar-refractivity contribution in [3.63, 3.8) is 0 Å². The molecule has 8 heterocycles. The van der Waals surface area contributed by atoms with E-state index < -0.39 is 80.3 Å². The number of carbonyl (C=O) groups excluding carboxylic acids is 1. The van der Waals surface area contributed by atoms with Crippen molar-refractivity contribution in [2.24, 2.45) is 0 Å². The summed E-state index contributed by atoms with van der Waals surface area (Å²) in [6, 6.07) is 64.5. The van der Waals surface area contributed by atoms with Gasteiger partial charge in [-0.1, -0.05) is 211 Å². The van der Waals surface area contributed by atoms with E-state index in [1.54, 1.807) is 102 Å². The van der Waals surface area contributed by atoms with E-state index in [0.29, 0.717) is 105 Å². The number of fused-ring (bicyclic) bond motifs is 4. The summed E-state index contributed by atoms with van der Waals surface area (Å²) >= 11 is 54.3. The number of sulfonamides is 3. The van der Waals surface area contributed by atoms with Crippen molar-refractivity contribution in [2.45, 2.75) is 158 Å². The van der Waals surface area contributed by atoms with E-state index in [-0.39, 0.29) is 103 Å². The van der Waals surface area contributed by atoms with Crippen molar-refractivity contribution in [3.8, 4) is 0 Å². The van der Waals surface area contributed by atoms with Gasteiger partial charge in [0.25, 0.3) is 20.0 Å². The summed E-state index contributed by atoms with van der Waals surface area (Å²) in [5.41, 5.74) is 9.87. The summed E-state index contributed by atoms with van der Waals surface area (Å²) in [6.07, 6.45) is 10.1. The van der Waals surface area contributed by atoms with E-state index in [4.69, 9.17) is 109 Å². The minimum Gasteiger partial charge on any atom is -0.870 e. The molecule has 0 saturated heterocycles. The first kappa shape index (κ1) is 103. The van der Waals surface area contributed by atoms with Crippen LogP contribution in [0.3, 0.4) is 0 Å². The largest absolute Gasteiger partial charge is 1.00 e. The van der Waals surface area contributed by atoms with Gasteiger partial charge in [-0.15, -0.1) is 0 Å². The standard InChI is InChI=1S/2C26H22Cl3N3O4S2.C22H22ClN3O2.C20H19Cl2N3O2S.Na.H2O/c1-2-21-15-25-24(16-31(30-25)37(33,34)22-11-7-19(28)8-12-22)26(17-3-5-18(27)6-4-17)32(21)38(35,36)23-13-9-20(29)10-14-23;1-2-21-15-25-24(16-30-32(25)38(35,36)23-13-9-20(29)10-14-23)26(17-3-5-18(27)6-4-17)31(21)37(33,34)22-11-7-19(28)8-12-22;1-2-18-12-20-19(13-24-25-20)21(16-8-10-17(23)11-9-16)26(18)22(27)28-14-15-6-4-3-5-7-15;1-2-16-11-19-18(12-23-24-19)20(13-3-5-14(21)6-4-13)25(16)28(26,27)17-9-7-15(22)8-10-17;;/h2*3-14,16,21,26H,2,15H2,1H3;3-11,13,18,21H,2,12,14H2,1H3,(H,24,25);3-10,12,16,20H,2,11H2,1H3,(H,23,24);;1H2/q;;;;+1;/p-1. The number of nitrogens with one attached hydrogen (secondary N) is 2. The van der Waals surface area contributed by atoms with Gasteiger partial charge in [-0.25, -0.2) is 30.0 Å². The Bertz CT molecular complexity index is 6950. The summed E-state index contributed by atoms with van der Waals surface area (Å²) in [7, 11) is -20.0. The second kappa shape index (κ2) is 43.7. The first-order valence-corrected chi connectivity index (χ1v) is 52.3. The van der Waals surface area contributed by atoms with Gasteiger partial charge in [-0.2, -0.15) is 58.3 Å². The Morgan fingerprint density at radius 3 is 1.04 bits per heavy atom. The van der Waals surface area contributed by atoms with Gasteiger partial charge in [0.05, 0.1) is 78.6 Å². The summed E-state index contributed by atoms with van der Waals surface area (Å²) in [6.45, 7) is 8.09. The molecule has 0 bridgehead atoms. The molecule has 40 heteroatoms. The molecule has 4 aliphatic heterocycles. The number of ether oxygens (including phenoxy) is 1. The molecule has 0 radical (unpaired) electrons. The Kier molecular flexibility index (Phi) is 33.5. The monoisotopic (exact) mass is 2090 g/mol. The third-order valence-electron chi connectivity index (χ3n) is 23.5. The number of nitrogens with zero attached hydrogens (tertiary/aromatic N) is 10. The Labute approximate surface area is 845 Å². The normalized spacial score (nSPS) is 18.5. The van der Waals surface area contributed by atoms with Crippen LogP contribution in [0.15, 0.2) is 298 Å². The van der Waals surface area contributed by atoms with E-state index in [9.17, 15) is 46.9 Å². The molecule has 10 aromatic carbocycles. The number of H-pyrrole nitrogens is 2. The van der Waals surface area contributed by atoms with Gasteiger partial charge in [0.15, 0.2) is 0 Å². The van der Waals surface area contributed by atoms with Crippen molar-refractivity contribution in [1.29, 1.82) is 0 Å². The fourth-order valence-corrected chi connectivity index (χ4v) is 26.1. The zero-order chi connectivity index (χ0) is 93.9. The maximum atomic E-state index is 14.1. The Balaban J connectivity index is 0.000000152. The molecule has 0 saturated carbocycles. The molecule has 0 spiro atoms. The Morgan fingerprint density at radius 1 is 0.358 bits per heavy atom. The van der Waals surface area contributed by atoms with Crippen molar-refractivity contribution in [1.82, 2.24) is 56.6 Å². The molecule has 4 aliphatic rings. The molecule has 14 aromatic rings. The second-order valence-corrected chi connectivity index (χ2v) is 44.5. The third-order valence-corrected chi connectivity index (χ3v) is 34.8. The fourth-order valence-electron chi connectivity index (χ4n) is 16.9. The van der Waals surface area contributed by atoms with Crippen molar-refractivity contribution in [3.05, 3.63) is 392 Å². The van der Waals surface area contributed by atoms with Gasteiger partial charge in [-0.05, 0) is 223 Å². The summed E-state index contributed by atoms with van der Waals surface area (Å²) in [5, 5.41) is 27.6. The van der Waals surface area contributed by atoms with Crippen LogP contribution in [-0.4, -0.2) is 134 Å². The number of aromatic amines is 2. The number of benzene rings is 10. The van der Waals surface area contributed by atoms with Crippen molar-refractivity contribution < 1.29 is 86.7 Å². The molecule has 0 aliphatic carbocycles. The Morgan fingerprint density at radius 2 is 0.664 bits per heavy atom. The molecule has 8 atom stereocenters. The van der Waals surface area contributed by atoms with Crippen molar-refractivity contribution >= 4 is 161 Å². The first-order chi connectivity index (χ1) is 63.1. The number of halogens is 9. The molecular formula is C94H86Cl9N12NaO13S5. The van der Waals surface area contributed by atoms with Crippen LogP contribution in [0.2, 0.25) is 45.2 Å². The molecular weight excluding hydrogens is 2010 g/mol. The fraction of sp³-hybridized carbons (Fsp3) is 0.223. The first-order valence-electron chi connectivity index (χ1n) is 41.7. The minimum atomic E-state index is -4.06. The average Bonchev–Trinajstić information content (AvgIpc) is 1.48. The van der Waals surface area contributed by atoms with Crippen LogP contribution in [0.25, 0.3) is 0 Å². The van der Waals surface area contributed by atoms with Crippen LogP contribution in [0.4, 0.5) is 4.79 Å². The number of hydrogen-bond acceptors (Lipinski definition) is 17. The van der Waals surface area contributed by atoms with Gasteiger partial charge in [0.1, 0.15) is 6.61 Å². The van der Waals surface area contributed by atoms with Crippen molar-refractivity contribution in [2.75, 3.05) is 0 Å². The predicted octanol–water partition coefficient (Wildman–Crippen LogP) is 19.2. The summed E-state index contributed by atoms with van der Waals surface area (Å²) in [5.74, 6) is 0. The number of rotatable bonds is 20. The van der Waals surface area contributed by atoms with Crippen LogP contribution < -0.4 is 29.6 Å². The van der Waals surface area contributed by atoms with Gasteiger partial charge < -0.3 is 10.2 Å². The van der Waals surface area contributed by atoms with Gasteiger partial charge in [0, 0.05) is 135 Å². The van der Waals surface area contributed by atoms with Crippen LogP contribution >= 0.6 is 104 Å². The average molecular weight is 2090 g/mol. The zero-order valence-electron chi connectivity index (χ0n) is 72.2. The predicted molar refractivity (Wildman–Crippen MR) is 516 cm³/mol. The smallest absolute Gasteiger partial charge is 0.870 e. The van der Waals surface area contributed by atoms with E-state index in [1.165, 1.54) is 118 Å². The number of hydrogen-bond donors (Lipinski definition) is 2. The van der Waals surface area contributed by atoms with Gasteiger partial charge in [-0.3, -0.25) is 15.1 Å². The molecule has 134 heavy (non-hydrogen) atoms. The Hall–Kier alpha value is -8.49. The minimum absolute atomic E-state index is 0. The molecule has 1 amide bonds. The topological polar surface area (TPSA) is 333 Å². The van der Waals surface area contributed by atoms with E-state index in [0.717, 1.165) is 60.2 Å². The second-order valence-electron chi connectivity index (χ2n) is 31.5.